The Bertz CT molecular complexity index is 738. The summed E-state index contributed by atoms with van der Waals surface area (Å²) in [7, 11) is 0. The molecule has 2 fully saturated rings. The summed E-state index contributed by atoms with van der Waals surface area (Å²) < 4.78 is 15.9. The van der Waals surface area contributed by atoms with E-state index in [0.29, 0.717) is 37.8 Å². The lowest BCUT2D eigenvalue weighted by Gasteiger charge is -2.43. The average molecular weight is 360 g/mol. The van der Waals surface area contributed by atoms with Crippen LogP contribution in [0.5, 0.6) is 0 Å². The van der Waals surface area contributed by atoms with E-state index in [1.54, 1.807) is 17.6 Å². The Morgan fingerprint density at radius 3 is 2.73 bits per heavy atom. The molecule has 4 nitrogen and oxygen atoms in total. The minimum Gasteiger partial charge on any atom is -0.342 e. The molecule has 1 aliphatic carbocycles. The number of piperidine rings is 1. The summed E-state index contributed by atoms with van der Waals surface area (Å²) in [5.74, 6) is 1.36. The fraction of sp³-hybridized carbons (Fsp3) is 0.714. The molecule has 5 heteroatoms. The fourth-order valence-corrected chi connectivity index (χ4v) is 5.22. The van der Waals surface area contributed by atoms with Crippen molar-refractivity contribution >= 4 is 5.91 Å². The van der Waals surface area contributed by atoms with Crippen molar-refractivity contribution < 1.29 is 9.18 Å². The van der Waals surface area contributed by atoms with E-state index in [1.807, 2.05) is 11.0 Å². The molecule has 3 atom stereocenters. The third-order valence-electron chi connectivity index (χ3n) is 6.62. The second kappa shape index (κ2) is 7.16. The number of rotatable bonds is 4. The van der Waals surface area contributed by atoms with Gasteiger partial charge < -0.3 is 9.47 Å². The fourth-order valence-electron chi connectivity index (χ4n) is 5.22. The zero-order chi connectivity index (χ0) is 18.3. The smallest absolute Gasteiger partial charge is 0.256 e. The maximum atomic E-state index is 14.1. The molecule has 1 amide bonds. The van der Waals surface area contributed by atoms with Gasteiger partial charge in [0.05, 0.1) is 5.56 Å². The van der Waals surface area contributed by atoms with Crippen LogP contribution in [0.15, 0.2) is 16.9 Å². The van der Waals surface area contributed by atoms with E-state index >= 15 is 0 Å². The molecule has 0 N–H and O–H groups in total. The molecule has 4 rings (SSSR count). The molecular weight excluding hydrogens is 331 g/mol. The van der Waals surface area contributed by atoms with Crippen LogP contribution in [0.4, 0.5) is 4.39 Å². The number of halogens is 1. The summed E-state index contributed by atoms with van der Waals surface area (Å²) in [6.45, 7) is 3.82. The van der Waals surface area contributed by atoms with Gasteiger partial charge in [-0.15, -0.1) is 0 Å². The molecule has 0 aromatic carbocycles. The van der Waals surface area contributed by atoms with Gasteiger partial charge in [-0.1, -0.05) is 19.8 Å². The second-order valence-electron chi connectivity index (χ2n) is 8.46. The first-order valence-electron chi connectivity index (χ1n) is 10.2. The Balaban J connectivity index is 1.53. The van der Waals surface area contributed by atoms with Crippen molar-refractivity contribution in [3.63, 3.8) is 0 Å². The van der Waals surface area contributed by atoms with Gasteiger partial charge in [0, 0.05) is 37.7 Å². The molecule has 0 radical (unpaired) electrons. The third kappa shape index (κ3) is 3.21. The van der Waals surface area contributed by atoms with E-state index < -0.39 is 6.17 Å². The van der Waals surface area contributed by atoms with Crippen LogP contribution < -0.4 is 5.56 Å². The maximum absolute atomic E-state index is 14.1. The summed E-state index contributed by atoms with van der Waals surface area (Å²) in [5.41, 5.74) is 1.10. The molecular formula is C21H29FN2O2. The highest BCUT2D eigenvalue weighted by atomic mass is 19.1. The van der Waals surface area contributed by atoms with E-state index in [9.17, 15) is 14.0 Å². The van der Waals surface area contributed by atoms with Crippen LogP contribution in [0, 0.1) is 11.8 Å². The zero-order valence-corrected chi connectivity index (χ0v) is 15.6. The lowest BCUT2D eigenvalue weighted by molar-refractivity contribution is -0.134. The monoisotopic (exact) mass is 360 g/mol. The minimum atomic E-state index is -1.19. The van der Waals surface area contributed by atoms with E-state index in [1.165, 1.54) is 25.7 Å². The number of likely N-dealkylation sites (tertiary alicyclic amines) is 1. The Kier molecular flexibility index (Phi) is 4.89. The van der Waals surface area contributed by atoms with Gasteiger partial charge in [0.15, 0.2) is 0 Å². The minimum absolute atomic E-state index is 0.169. The van der Waals surface area contributed by atoms with Gasteiger partial charge in [-0.05, 0) is 49.7 Å². The number of pyridine rings is 1. The predicted molar refractivity (Wildman–Crippen MR) is 98.8 cm³/mol. The summed E-state index contributed by atoms with van der Waals surface area (Å²) in [6.07, 6.45) is 5.75. The van der Waals surface area contributed by atoms with Gasteiger partial charge in [-0.3, -0.25) is 9.59 Å². The standard InChI is InChI=1S/C21H29FN2O2/c1-2-18(22)17-7-8-19-16-9-15(12-24(19)21(17)26)11-23(13-16)20(25)10-14-5-3-4-6-14/h7-8,14-16,18H,2-6,9-13H2,1H3/t15-,16+,18?/m1/s1. The largest absolute Gasteiger partial charge is 0.342 e. The van der Waals surface area contributed by atoms with Crippen molar-refractivity contribution in [1.29, 1.82) is 0 Å². The van der Waals surface area contributed by atoms with Gasteiger partial charge in [0.2, 0.25) is 5.91 Å². The van der Waals surface area contributed by atoms with Gasteiger partial charge >= 0.3 is 0 Å². The number of fused-ring (bicyclic) bond motifs is 4. The predicted octanol–water partition coefficient (Wildman–Crippen LogP) is 3.79. The number of carbonyl (C=O) groups excluding carboxylic acids is 1. The molecule has 1 aromatic rings. The quantitative estimate of drug-likeness (QED) is 0.820. The van der Waals surface area contributed by atoms with Crippen LogP contribution in [-0.2, 0) is 11.3 Å². The highest BCUT2D eigenvalue weighted by Crippen LogP contribution is 2.37. The summed E-state index contributed by atoms with van der Waals surface area (Å²) in [6, 6.07) is 3.59. The molecule has 1 saturated heterocycles. The Morgan fingerprint density at radius 1 is 1.23 bits per heavy atom. The van der Waals surface area contributed by atoms with E-state index in [2.05, 4.69) is 0 Å². The lowest BCUT2D eigenvalue weighted by atomic mass is 9.82. The number of nitrogens with zero attached hydrogens (tertiary/aromatic N) is 2. The molecule has 3 heterocycles. The first-order chi connectivity index (χ1) is 12.6. The number of hydrogen-bond acceptors (Lipinski definition) is 2. The van der Waals surface area contributed by atoms with Crippen LogP contribution in [-0.4, -0.2) is 28.5 Å². The van der Waals surface area contributed by atoms with E-state index in [0.717, 1.165) is 18.7 Å². The van der Waals surface area contributed by atoms with Gasteiger partial charge in [-0.25, -0.2) is 4.39 Å². The van der Waals surface area contributed by atoms with Crippen molar-refractivity contribution in [3.05, 3.63) is 33.7 Å². The van der Waals surface area contributed by atoms with E-state index in [-0.39, 0.29) is 22.9 Å². The SMILES string of the molecule is CCC(F)c1ccc2n(c1=O)C[C@@H]1C[C@H]2CN(C(=O)CC2CCCC2)C1. The highest BCUT2D eigenvalue weighted by Gasteiger charge is 2.37. The number of hydrogen-bond donors (Lipinski definition) is 0. The molecule has 2 aliphatic heterocycles. The summed E-state index contributed by atoms with van der Waals surface area (Å²) >= 11 is 0. The zero-order valence-electron chi connectivity index (χ0n) is 15.6. The van der Waals surface area contributed by atoms with Crippen molar-refractivity contribution in [2.75, 3.05) is 13.1 Å². The topological polar surface area (TPSA) is 42.3 Å². The molecule has 1 unspecified atom stereocenters. The molecule has 2 bridgehead atoms. The summed E-state index contributed by atoms with van der Waals surface area (Å²) in [5, 5.41) is 0. The average Bonchev–Trinajstić information content (AvgIpc) is 3.15. The Hall–Kier alpha value is -1.65. The molecule has 0 spiro atoms. The lowest BCUT2D eigenvalue weighted by Crippen LogP contribution is -2.49. The van der Waals surface area contributed by atoms with Crippen LogP contribution >= 0.6 is 0 Å². The second-order valence-corrected chi connectivity index (χ2v) is 8.46. The van der Waals surface area contributed by atoms with Crippen molar-refractivity contribution in [2.24, 2.45) is 11.8 Å². The van der Waals surface area contributed by atoms with Gasteiger partial charge in [0.1, 0.15) is 6.17 Å². The van der Waals surface area contributed by atoms with Crippen molar-refractivity contribution in [1.82, 2.24) is 9.47 Å². The Labute approximate surface area is 154 Å². The van der Waals surface area contributed by atoms with Crippen LogP contribution in [0.25, 0.3) is 0 Å². The highest BCUT2D eigenvalue weighted by molar-refractivity contribution is 5.76. The van der Waals surface area contributed by atoms with E-state index in [4.69, 9.17) is 0 Å². The van der Waals surface area contributed by atoms with Crippen LogP contribution in [0.1, 0.15) is 75.2 Å². The van der Waals surface area contributed by atoms with Crippen molar-refractivity contribution in [3.8, 4) is 0 Å². The molecule has 26 heavy (non-hydrogen) atoms. The molecule has 1 saturated carbocycles. The number of carbonyl (C=O) groups is 1. The maximum Gasteiger partial charge on any atom is 0.256 e. The summed E-state index contributed by atoms with van der Waals surface area (Å²) in [4.78, 5) is 27.5. The van der Waals surface area contributed by atoms with Crippen molar-refractivity contribution in [2.45, 2.75) is 70.5 Å². The van der Waals surface area contributed by atoms with Gasteiger partial charge in [-0.2, -0.15) is 0 Å². The first kappa shape index (κ1) is 17.7. The van der Waals surface area contributed by atoms with Gasteiger partial charge in [0.25, 0.3) is 5.56 Å². The third-order valence-corrected chi connectivity index (χ3v) is 6.62. The number of aromatic nitrogens is 1. The Morgan fingerprint density at radius 2 is 2.00 bits per heavy atom. The molecule has 1 aromatic heterocycles. The molecule has 3 aliphatic rings. The first-order valence-corrected chi connectivity index (χ1v) is 10.2. The van der Waals surface area contributed by atoms with Crippen LogP contribution in [0.2, 0.25) is 0 Å². The molecule has 142 valence electrons. The number of amides is 1. The number of alkyl halides is 1. The van der Waals surface area contributed by atoms with Crippen LogP contribution in [0.3, 0.4) is 0 Å². The normalized spacial score (nSPS) is 26.6.